The van der Waals surface area contributed by atoms with Crippen LogP contribution in [-0.2, 0) is 9.47 Å². The highest BCUT2D eigenvalue weighted by molar-refractivity contribution is 4.89. The summed E-state index contributed by atoms with van der Waals surface area (Å²) >= 11 is 0. The lowest BCUT2D eigenvalue weighted by Crippen LogP contribution is -2.37. The van der Waals surface area contributed by atoms with Gasteiger partial charge in [-0.3, -0.25) is 0 Å². The molecule has 0 aromatic heterocycles. The molecule has 0 unspecified atom stereocenters. The Hall–Kier alpha value is -0.120. The minimum atomic E-state index is 0.207. The summed E-state index contributed by atoms with van der Waals surface area (Å²) in [5.41, 5.74) is 0. The van der Waals surface area contributed by atoms with Crippen LogP contribution in [0.25, 0.3) is 0 Å². The minimum absolute atomic E-state index is 0.207. The predicted molar refractivity (Wildman–Crippen MR) is 31.5 cm³/mol. The standard InChI is InChI=1S/C6H10NO2/c1-2-7-3-6-5(1)8-4-9-6/h3,5-7H,1-2,4H2/t5-,6+/m0/s1. The molecule has 2 atom stereocenters. The number of ether oxygens (including phenoxy) is 2. The van der Waals surface area contributed by atoms with Gasteiger partial charge in [0.2, 0.25) is 0 Å². The average Bonchev–Trinajstić information content (AvgIpc) is 2.33. The number of hydrogen-bond donors (Lipinski definition) is 1. The molecule has 2 aliphatic heterocycles. The van der Waals surface area contributed by atoms with Crippen LogP contribution in [0.5, 0.6) is 0 Å². The van der Waals surface area contributed by atoms with E-state index in [0.29, 0.717) is 12.9 Å². The van der Waals surface area contributed by atoms with E-state index >= 15 is 0 Å². The maximum Gasteiger partial charge on any atom is 0.147 e. The normalized spacial score (nSPS) is 42.7. The Morgan fingerprint density at radius 1 is 1.44 bits per heavy atom. The Kier molecular flexibility index (Phi) is 1.41. The molecule has 0 spiro atoms. The van der Waals surface area contributed by atoms with E-state index < -0.39 is 0 Å². The molecule has 9 heavy (non-hydrogen) atoms. The largest absolute Gasteiger partial charge is 0.349 e. The molecule has 3 heteroatoms. The minimum Gasteiger partial charge on any atom is -0.349 e. The number of nitrogens with one attached hydrogen (secondary N) is 1. The molecule has 51 valence electrons. The summed E-state index contributed by atoms with van der Waals surface area (Å²) in [5.74, 6) is 0. The summed E-state index contributed by atoms with van der Waals surface area (Å²) in [5, 5.41) is 3.13. The zero-order valence-corrected chi connectivity index (χ0v) is 5.17. The summed E-state index contributed by atoms with van der Waals surface area (Å²) < 4.78 is 10.5. The van der Waals surface area contributed by atoms with Gasteiger partial charge in [0.1, 0.15) is 12.9 Å². The first-order valence-corrected chi connectivity index (χ1v) is 3.27. The maximum absolute atomic E-state index is 5.26. The molecule has 2 rings (SSSR count). The Bertz CT molecular complexity index is 95.2. The third-order valence-electron chi connectivity index (χ3n) is 1.76. The second kappa shape index (κ2) is 2.25. The van der Waals surface area contributed by atoms with Crippen molar-refractivity contribution < 1.29 is 9.47 Å². The van der Waals surface area contributed by atoms with Crippen molar-refractivity contribution in [3.63, 3.8) is 0 Å². The van der Waals surface area contributed by atoms with Crippen LogP contribution in [0.1, 0.15) is 6.42 Å². The molecule has 1 N–H and O–H groups in total. The molecule has 0 bridgehead atoms. The lowest BCUT2D eigenvalue weighted by Gasteiger charge is -2.21. The molecular formula is C6H10NO2. The second-order valence-corrected chi connectivity index (χ2v) is 2.36. The summed E-state index contributed by atoms with van der Waals surface area (Å²) in [7, 11) is 0. The third kappa shape index (κ3) is 0.956. The topological polar surface area (TPSA) is 30.5 Å². The Balaban J connectivity index is 1.97. The van der Waals surface area contributed by atoms with Crippen molar-refractivity contribution in [3.05, 3.63) is 6.54 Å². The van der Waals surface area contributed by atoms with Gasteiger partial charge in [-0.25, -0.2) is 0 Å². The van der Waals surface area contributed by atoms with E-state index in [2.05, 4.69) is 5.32 Å². The molecule has 0 aromatic rings. The fourth-order valence-electron chi connectivity index (χ4n) is 1.24. The van der Waals surface area contributed by atoms with Crippen LogP contribution < -0.4 is 5.32 Å². The fraction of sp³-hybridized carbons (Fsp3) is 0.833. The summed E-state index contributed by atoms with van der Waals surface area (Å²) in [4.78, 5) is 0. The zero-order valence-electron chi connectivity index (χ0n) is 5.17. The van der Waals surface area contributed by atoms with Crippen LogP contribution in [0.3, 0.4) is 0 Å². The number of fused-ring (bicyclic) bond motifs is 1. The van der Waals surface area contributed by atoms with Crippen molar-refractivity contribution in [1.29, 1.82) is 0 Å². The first-order valence-electron chi connectivity index (χ1n) is 3.27. The maximum atomic E-state index is 5.26. The van der Waals surface area contributed by atoms with E-state index in [0.717, 1.165) is 13.0 Å². The van der Waals surface area contributed by atoms with Crippen molar-refractivity contribution >= 4 is 0 Å². The quantitative estimate of drug-likeness (QED) is 0.493. The number of piperidine rings is 1. The van der Waals surface area contributed by atoms with Gasteiger partial charge in [-0.1, -0.05) is 0 Å². The van der Waals surface area contributed by atoms with Gasteiger partial charge < -0.3 is 14.8 Å². The van der Waals surface area contributed by atoms with Crippen LogP contribution in [0, 0.1) is 6.54 Å². The van der Waals surface area contributed by atoms with E-state index in [1.54, 1.807) is 0 Å². The molecule has 3 nitrogen and oxygen atoms in total. The summed E-state index contributed by atoms with van der Waals surface area (Å²) in [6.07, 6.45) is 1.60. The molecule has 0 aliphatic carbocycles. The van der Waals surface area contributed by atoms with E-state index in [4.69, 9.17) is 9.47 Å². The van der Waals surface area contributed by atoms with Gasteiger partial charge in [-0.05, 0) is 13.0 Å². The highest BCUT2D eigenvalue weighted by atomic mass is 16.7. The van der Waals surface area contributed by atoms with Gasteiger partial charge in [0.05, 0.1) is 12.6 Å². The van der Waals surface area contributed by atoms with Crippen molar-refractivity contribution in [2.75, 3.05) is 13.3 Å². The predicted octanol–water partition coefficient (Wildman–Crippen LogP) is -0.117. The SMILES string of the molecule is [CH]1NCC[C@@H]2OCO[C@H]12. The molecule has 0 aromatic carbocycles. The summed E-state index contributed by atoms with van der Waals surface area (Å²) in [6.45, 7) is 3.46. The zero-order chi connectivity index (χ0) is 6.10. The molecule has 2 aliphatic rings. The second-order valence-electron chi connectivity index (χ2n) is 2.36. The highest BCUT2D eigenvalue weighted by Gasteiger charge is 2.31. The smallest absolute Gasteiger partial charge is 0.147 e. The first kappa shape index (κ1) is 5.65. The van der Waals surface area contributed by atoms with Gasteiger partial charge in [0.15, 0.2) is 0 Å². The number of hydrogen-bond acceptors (Lipinski definition) is 3. The lowest BCUT2D eigenvalue weighted by atomic mass is 10.1. The van der Waals surface area contributed by atoms with Crippen molar-refractivity contribution in [3.8, 4) is 0 Å². The van der Waals surface area contributed by atoms with Crippen molar-refractivity contribution in [2.45, 2.75) is 18.6 Å². The van der Waals surface area contributed by atoms with Gasteiger partial charge in [0.25, 0.3) is 0 Å². The Morgan fingerprint density at radius 3 is 3.33 bits per heavy atom. The highest BCUT2D eigenvalue weighted by Crippen LogP contribution is 2.19. The van der Waals surface area contributed by atoms with E-state index in [9.17, 15) is 0 Å². The molecular weight excluding hydrogens is 118 g/mol. The van der Waals surface area contributed by atoms with Crippen molar-refractivity contribution in [1.82, 2.24) is 5.32 Å². The number of rotatable bonds is 0. The monoisotopic (exact) mass is 128 g/mol. The van der Waals surface area contributed by atoms with Gasteiger partial charge in [-0.2, -0.15) is 0 Å². The average molecular weight is 128 g/mol. The van der Waals surface area contributed by atoms with E-state index in [1.807, 2.05) is 6.54 Å². The van der Waals surface area contributed by atoms with Crippen LogP contribution in [-0.4, -0.2) is 25.5 Å². The fourth-order valence-corrected chi connectivity index (χ4v) is 1.24. The van der Waals surface area contributed by atoms with Crippen LogP contribution in [0.15, 0.2) is 0 Å². The van der Waals surface area contributed by atoms with E-state index in [-0.39, 0.29) is 6.10 Å². The van der Waals surface area contributed by atoms with Crippen molar-refractivity contribution in [2.24, 2.45) is 0 Å². The molecule has 2 heterocycles. The van der Waals surface area contributed by atoms with Gasteiger partial charge in [-0.15, -0.1) is 0 Å². The third-order valence-corrected chi connectivity index (χ3v) is 1.76. The van der Waals surface area contributed by atoms with Gasteiger partial charge in [0, 0.05) is 0 Å². The molecule has 2 fully saturated rings. The lowest BCUT2D eigenvalue weighted by molar-refractivity contribution is 0.0426. The van der Waals surface area contributed by atoms with Crippen LogP contribution >= 0.6 is 0 Å². The Labute approximate surface area is 54.3 Å². The summed E-state index contributed by atoms with van der Waals surface area (Å²) in [6, 6.07) is 0. The van der Waals surface area contributed by atoms with Crippen LogP contribution in [0.2, 0.25) is 0 Å². The molecule has 2 saturated heterocycles. The Morgan fingerprint density at radius 2 is 2.44 bits per heavy atom. The van der Waals surface area contributed by atoms with Gasteiger partial charge >= 0.3 is 0 Å². The molecule has 0 saturated carbocycles. The van der Waals surface area contributed by atoms with Crippen LogP contribution in [0.4, 0.5) is 0 Å². The molecule has 0 amide bonds. The van der Waals surface area contributed by atoms with E-state index in [1.165, 1.54) is 0 Å². The molecule has 1 radical (unpaired) electrons. The first-order chi connectivity index (χ1) is 4.47.